The van der Waals surface area contributed by atoms with Crippen LogP contribution < -0.4 is 10.3 Å². The van der Waals surface area contributed by atoms with Gasteiger partial charge in [-0.05, 0) is 37.5 Å². The van der Waals surface area contributed by atoms with E-state index in [2.05, 4.69) is 9.82 Å². The van der Waals surface area contributed by atoms with E-state index in [1.807, 2.05) is 6.92 Å². The van der Waals surface area contributed by atoms with Gasteiger partial charge in [-0.25, -0.2) is 17.8 Å². The number of aromatic nitrogens is 2. The molecule has 1 N–H and O–H groups in total. The van der Waals surface area contributed by atoms with Gasteiger partial charge < -0.3 is 4.90 Å². The summed E-state index contributed by atoms with van der Waals surface area (Å²) in [5, 5.41) is 4.16. The standard InChI is InChI=1S/C19H24N4O4S/c1-2-12-23-18(24)9-8-17(20-23)19(25)22-13-10-15(11-14-22)21-28(26,27)16-6-4-3-5-7-16/h3-9,15,21H,2,10-14H2,1H3. The number of hydrogen-bond acceptors (Lipinski definition) is 5. The number of sulfonamides is 1. The lowest BCUT2D eigenvalue weighted by atomic mass is 10.1. The molecule has 0 bridgehead atoms. The Kier molecular flexibility index (Phi) is 6.25. The van der Waals surface area contributed by atoms with Crippen LogP contribution in [-0.2, 0) is 16.6 Å². The second-order valence-electron chi connectivity index (χ2n) is 6.78. The quantitative estimate of drug-likeness (QED) is 0.780. The molecule has 8 nitrogen and oxygen atoms in total. The highest BCUT2D eigenvalue weighted by Gasteiger charge is 2.27. The third-order valence-electron chi connectivity index (χ3n) is 4.68. The van der Waals surface area contributed by atoms with E-state index in [1.54, 1.807) is 35.2 Å². The molecule has 0 radical (unpaired) electrons. The molecule has 9 heteroatoms. The molecule has 1 saturated heterocycles. The fraction of sp³-hybridized carbons (Fsp3) is 0.421. The Bertz CT molecular complexity index is 980. The number of amides is 1. The molecule has 0 unspecified atom stereocenters. The first kappa shape index (κ1) is 20.2. The number of aryl methyl sites for hydroxylation is 1. The second-order valence-corrected chi connectivity index (χ2v) is 8.49. The fourth-order valence-corrected chi connectivity index (χ4v) is 4.51. The van der Waals surface area contributed by atoms with Gasteiger partial charge in [-0.1, -0.05) is 25.1 Å². The van der Waals surface area contributed by atoms with Gasteiger partial charge in [0.2, 0.25) is 10.0 Å². The summed E-state index contributed by atoms with van der Waals surface area (Å²) in [5.41, 5.74) is 0.00351. The Balaban J connectivity index is 1.62. The summed E-state index contributed by atoms with van der Waals surface area (Å²) >= 11 is 0. The Morgan fingerprint density at radius 3 is 2.46 bits per heavy atom. The van der Waals surface area contributed by atoms with Crippen molar-refractivity contribution in [3.63, 3.8) is 0 Å². The van der Waals surface area contributed by atoms with Crippen LogP contribution in [-0.4, -0.2) is 48.1 Å². The summed E-state index contributed by atoms with van der Waals surface area (Å²) < 4.78 is 28.9. The number of carbonyl (C=O) groups excluding carboxylic acids is 1. The zero-order valence-corrected chi connectivity index (χ0v) is 16.6. The number of likely N-dealkylation sites (tertiary alicyclic amines) is 1. The van der Waals surface area contributed by atoms with E-state index in [1.165, 1.54) is 16.8 Å². The van der Waals surface area contributed by atoms with E-state index in [4.69, 9.17) is 0 Å². The minimum atomic E-state index is -3.57. The maximum Gasteiger partial charge on any atom is 0.274 e. The van der Waals surface area contributed by atoms with E-state index >= 15 is 0 Å². The SMILES string of the molecule is CCCn1nc(C(=O)N2CCC(NS(=O)(=O)c3ccccc3)CC2)ccc1=O. The average molecular weight is 404 g/mol. The summed E-state index contributed by atoms with van der Waals surface area (Å²) in [6, 6.07) is 10.8. The first-order valence-electron chi connectivity index (χ1n) is 9.35. The molecule has 1 fully saturated rings. The number of rotatable bonds is 6. The normalized spacial score (nSPS) is 15.5. The fourth-order valence-electron chi connectivity index (χ4n) is 3.18. The van der Waals surface area contributed by atoms with Crippen molar-refractivity contribution in [2.24, 2.45) is 0 Å². The summed E-state index contributed by atoms with van der Waals surface area (Å²) in [5.74, 6) is -0.241. The van der Waals surface area contributed by atoms with Crippen LogP contribution in [0, 0.1) is 0 Å². The monoisotopic (exact) mass is 404 g/mol. The molecular formula is C19H24N4O4S. The van der Waals surface area contributed by atoms with Crippen LogP contribution in [0.3, 0.4) is 0 Å². The molecule has 1 amide bonds. The predicted octanol–water partition coefficient (Wildman–Crippen LogP) is 1.24. The smallest absolute Gasteiger partial charge is 0.274 e. The third kappa shape index (κ3) is 4.66. The van der Waals surface area contributed by atoms with E-state index in [9.17, 15) is 18.0 Å². The summed E-state index contributed by atoms with van der Waals surface area (Å²) in [4.78, 5) is 26.3. The van der Waals surface area contributed by atoms with Gasteiger partial charge in [0.15, 0.2) is 0 Å². The van der Waals surface area contributed by atoms with Crippen molar-refractivity contribution >= 4 is 15.9 Å². The van der Waals surface area contributed by atoms with Crippen LogP contribution >= 0.6 is 0 Å². The molecule has 1 aromatic heterocycles. The lowest BCUT2D eigenvalue weighted by Gasteiger charge is -2.32. The first-order valence-corrected chi connectivity index (χ1v) is 10.8. The highest BCUT2D eigenvalue weighted by molar-refractivity contribution is 7.89. The van der Waals surface area contributed by atoms with Gasteiger partial charge in [-0.3, -0.25) is 9.59 Å². The molecule has 3 rings (SSSR count). The number of nitrogens with one attached hydrogen (secondary N) is 1. The molecular weight excluding hydrogens is 380 g/mol. The third-order valence-corrected chi connectivity index (χ3v) is 6.22. The van der Waals surface area contributed by atoms with Gasteiger partial charge in [0.05, 0.1) is 4.90 Å². The molecule has 28 heavy (non-hydrogen) atoms. The van der Waals surface area contributed by atoms with Crippen LogP contribution in [0.4, 0.5) is 0 Å². The van der Waals surface area contributed by atoms with E-state index in [0.717, 1.165) is 6.42 Å². The molecule has 0 atom stereocenters. The minimum absolute atomic E-state index is 0.226. The van der Waals surface area contributed by atoms with Crippen molar-refractivity contribution in [3.05, 3.63) is 58.5 Å². The van der Waals surface area contributed by atoms with Crippen LogP contribution in [0.1, 0.15) is 36.7 Å². The highest BCUT2D eigenvalue weighted by Crippen LogP contribution is 2.16. The highest BCUT2D eigenvalue weighted by atomic mass is 32.2. The zero-order valence-electron chi connectivity index (χ0n) is 15.7. The van der Waals surface area contributed by atoms with Crippen LogP contribution in [0.5, 0.6) is 0 Å². The average Bonchev–Trinajstić information content (AvgIpc) is 2.70. The summed E-state index contributed by atoms with van der Waals surface area (Å²) in [6.45, 7) is 3.25. The van der Waals surface area contributed by atoms with Crippen LogP contribution in [0.2, 0.25) is 0 Å². The lowest BCUT2D eigenvalue weighted by Crippen LogP contribution is -2.46. The first-order chi connectivity index (χ1) is 13.4. The Labute approximate surface area is 164 Å². The van der Waals surface area contributed by atoms with Crippen molar-refractivity contribution in [3.8, 4) is 0 Å². The molecule has 1 aliphatic rings. The van der Waals surface area contributed by atoms with Crippen molar-refractivity contribution in [2.75, 3.05) is 13.1 Å². The number of nitrogens with zero attached hydrogens (tertiary/aromatic N) is 3. The number of piperidine rings is 1. The molecule has 0 saturated carbocycles. The van der Waals surface area contributed by atoms with Crippen molar-refractivity contribution in [1.29, 1.82) is 0 Å². The molecule has 1 aromatic carbocycles. The van der Waals surface area contributed by atoms with Crippen LogP contribution in [0.15, 0.2) is 52.2 Å². The van der Waals surface area contributed by atoms with E-state index in [-0.39, 0.29) is 28.1 Å². The van der Waals surface area contributed by atoms with Crippen molar-refractivity contribution in [1.82, 2.24) is 19.4 Å². The van der Waals surface area contributed by atoms with Gasteiger partial charge in [-0.15, -0.1) is 0 Å². The van der Waals surface area contributed by atoms with Crippen molar-refractivity contribution in [2.45, 2.75) is 43.7 Å². The number of benzene rings is 1. The minimum Gasteiger partial charge on any atom is -0.337 e. The van der Waals surface area contributed by atoms with Gasteiger partial charge in [0, 0.05) is 31.7 Å². The lowest BCUT2D eigenvalue weighted by molar-refractivity contribution is 0.0702. The summed E-state index contributed by atoms with van der Waals surface area (Å²) in [6.07, 6.45) is 1.79. The maximum absolute atomic E-state index is 12.7. The van der Waals surface area contributed by atoms with E-state index < -0.39 is 10.0 Å². The van der Waals surface area contributed by atoms with E-state index in [0.29, 0.717) is 32.5 Å². The molecule has 0 spiro atoms. The van der Waals surface area contributed by atoms with Gasteiger partial charge in [0.25, 0.3) is 11.5 Å². The Morgan fingerprint density at radius 1 is 1.14 bits per heavy atom. The predicted molar refractivity (Wildman–Crippen MR) is 104 cm³/mol. The summed E-state index contributed by atoms with van der Waals surface area (Å²) in [7, 11) is -3.57. The number of hydrogen-bond donors (Lipinski definition) is 1. The molecule has 0 aliphatic carbocycles. The topological polar surface area (TPSA) is 101 Å². The maximum atomic E-state index is 12.7. The number of carbonyl (C=O) groups is 1. The molecule has 2 aromatic rings. The van der Waals surface area contributed by atoms with Gasteiger partial charge in [0.1, 0.15) is 5.69 Å². The molecule has 1 aliphatic heterocycles. The zero-order chi connectivity index (χ0) is 20.1. The second kappa shape index (κ2) is 8.66. The largest absolute Gasteiger partial charge is 0.337 e. The Morgan fingerprint density at radius 2 is 1.82 bits per heavy atom. The molecule has 150 valence electrons. The molecule has 2 heterocycles. The van der Waals surface area contributed by atoms with Gasteiger partial charge in [-0.2, -0.15) is 5.10 Å². The van der Waals surface area contributed by atoms with Crippen molar-refractivity contribution < 1.29 is 13.2 Å². The van der Waals surface area contributed by atoms with Gasteiger partial charge >= 0.3 is 0 Å². The van der Waals surface area contributed by atoms with Crippen LogP contribution in [0.25, 0.3) is 0 Å². The Hall–Kier alpha value is -2.52.